The van der Waals surface area contributed by atoms with Gasteiger partial charge in [0.05, 0.1) is 0 Å². The van der Waals surface area contributed by atoms with Crippen LogP contribution in [0.5, 0.6) is 0 Å². The lowest BCUT2D eigenvalue weighted by atomic mass is 10.3. The number of nitrogens with zero attached hydrogens (tertiary/aromatic N) is 4. The van der Waals surface area contributed by atoms with Crippen molar-refractivity contribution < 1.29 is 0 Å². The minimum Gasteiger partial charge on any atom is -0.261 e. The molecule has 0 rings (SSSR count). The van der Waals surface area contributed by atoms with Crippen molar-refractivity contribution in [1.82, 2.24) is 14.0 Å². The zero-order chi connectivity index (χ0) is 20.5. The highest BCUT2D eigenvalue weighted by molar-refractivity contribution is 7.59. The normalized spacial score (nSPS) is 12.5. The van der Waals surface area contributed by atoms with Crippen molar-refractivity contribution in [2.75, 3.05) is 45.8 Å². The maximum atomic E-state index is 5.65. The molecule has 0 aromatic rings. The maximum absolute atomic E-state index is 5.65. The Morgan fingerprint density at radius 2 is 0.778 bits per heavy atom. The second kappa shape index (κ2) is 17.0. The van der Waals surface area contributed by atoms with Crippen LogP contribution in [0.3, 0.4) is 0 Å². The molecule has 0 aliphatic carbocycles. The molecule has 0 unspecified atom stereocenters. The second-order valence-corrected chi connectivity index (χ2v) is 10.7. The highest BCUT2D eigenvalue weighted by Crippen LogP contribution is 2.60. The predicted molar refractivity (Wildman–Crippen MR) is 126 cm³/mol. The second-order valence-electron chi connectivity index (χ2n) is 7.62. The topological polar surface area (TPSA) is 22.1 Å². The molecule has 5 heteroatoms. The Bertz CT molecular complexity index is 321. The van der Waals surface area contributed by atoms with Crippen LogP contribution in [-0.2, 0) is 0 Å². The molecular weight excluding hydrogens is 351 g/mol. The Labute approximate surface area is 172 Å². The van der Waals surface area contributed by atoms with E-state index in [1.165, 1.54) is 90.6 Å². The fourth-order valence-electron chi connectivity index (χ4n) is 3.86. The van der Waals surface area contributed by atoms with Crippen molar-refractivity contribution in [3.05, 3.63) is 0 Å². The number of hydrogen-bond donors (Lipinski definition) is 0. The summed E-state index contributed by atoms with van der Waals surface area (Å²) >= 11 is 0. The molecule has 27 heavy (non-hydrogen) atoms. The quantitative estimate of drug-likeness (QED) is 0.180. The molecule has 0 saturated heterocycles. The van der Waals surface area contributed by atoms with Crippen LogP contribution >= 0.6 is 7.51 Å². The third-order valence-electron chi connectivity index (χ3n) is 4.83. The van der Waals surface area contributed by atoms with Crippen molar-refractivity contribution in [3.8, 4) is 0 Å². The zero-order valence-electron chi connectivity index (χ0n) is 19.8. The van der Waals surface area contributed by atoms with Crippen LogP contribution in [0.15, 0.2) is 4.74 Å². The summed E-state index contributed by atoms with van der Waals surface area (Å²) in [7, 11) is -1.83. The molecule has 0 bridgehead atoms. The summed E-state index contributed by atoms with van der Waals surface area (Å²) in [5.41, 5.74) is 0. The lowest BCUT2D eigenvalue weighted by Gasteiger charge is -2.50. The molecule has 0 N–H and O–H groups in total. The summed E-state index contributed by atoms with van der Waals surface area (Å²) in [6, 6.07) is 0. The van der Waals surface area contributed by atoms with E-state index in [9.17, 15) is 0 Å². The van der Waals surface area contributed by atoms with Crippen LogP contribution in [0, 0.1) is 0 Å². The van der Waals surface area contributed by atoms with E-state index < -0.39 is 7.51 Å². The molecule has 0 saturated carbocycles. The summed E-state index contributed by atoms with van der Waals surface area (Å²) in [5.74, 6) is 0. The molecule has 0 aliphatic rings. The fourth-order valence-corrected chi connectivity index (χ4v) is 8.69. The first kappa shape index (κ1) is 27.1. The van der Waals surface area contributed by atoms with E-state index in [-0.39, 0.29) is 0 Å². The Morgan fingerprint density at radius 3 is 1.00 bits per heavy atom. The van der Waals surface area contributed by atoms with Gasteiger partial charge in [-0.3, -0.25) is 4.74 Å². The molecular formula is C22H51N4P. The van der Waals surface area contributed by atoms with Gasteiger partial charge in [0.15, 0.2) is 7.51 Å². The summed E-state index contributed by atoms with van der Waals surface area (Å²) in [6.07, 6.45) is 9.71. The lowest BCUT2D eigenvalue weighted by molar-refractivity contribution is 0.301. The monoisotopic (exact) mass is 402 g/mol. The Kier molecular flexibility index (Phi) is 17.1. The van der Waals surface area contributed by atoms with Gasteiger partial charge in [0.1, 0.15) is 0 Å². The van der Waals surface area contributed by atoms with E-state index in [4.69, 9.17) is 4.74 Å². The molecule has 0 amide bonds. The predicted octanol–water partition coefficient (Wildman–Crippen LogP) is 7.10. The van der Waals surface area contributed by atoms with E-state index >= 15 is 0 Å². The van der Waals surface area contributed by atoms with Gasteiger partial charge in [-0.1, -0.05) is 54.9 Å². The molecule has 4 nitrogen and oxygen atoms in total. The van der Waals surface area contributed by atoms with E-state index in [0.717, 1.165) is 6.54 Å². The first-order valence-electron chi connectivity index (χ1n) is 12.0. The first-order valence-corrected chi connectivity index (χ1v) is 13.6. The van der Waals surface area contributed by atoms with Crippen LogP contribution in [0.4, 0.5) is 0 Å². The SMILES string of the molecule is CCCCN=P(N(CCC)CCC)(N(CCC)CCC)N(CCC)CCC. The van der Waals surface area contributed by atoms with Crippen LogP contribution in [0.2, 0.25) is 0 Å². The molecule has 0 atom stereocenters. The standard InChI is InChI=1S/C22H51N4P/c1-8-15-16-23-27(24(17-9-2)18-10-3,25(19-11-4)20-12-5)26(21-13-6)22-14-7/h8-22H2,1-7H3. The Balaban J connectivity index is 6.48. The molecule has 0 fully saturated rings. The Morgan fingerprint density at radius 1 is 0.481 bits per heavy atom. The fraction of sp³-hybridized carbons (Fsp3) is 1.00. The van der Waals surface area contributed by atoms with Crippen molar-refractivity contribution in [2.24, 2.45) is 4.74 Å². The highest BCUT2D eigenvalue weighted by Gasteiger charge is 2.38. The minimum absolute atomic E-state index is 1.02. The van der Waals surface area contributed by atoms with E-state index in [1.54, 1.807) is 0 Å². The highest BCUT2D eigenvalue weighted by atomic mass is 31.2. The molecule has 0 aromatic heterocycles. The lowest BCUT2D eigenvalue weighted by Crippen LogP contribution is -2.43. The molecule has 0 aliphatic heterocycles. The minimum atomic E-state index is -1.83. The number of rotatable bonds is 18. The van der Waals surface area contributed by atoms with Gasteiger partial charge in [-0.15, -0.1) is 0 Å². The smallest absolute Gasteiger partial charge is 0.167 e. The van der Waals surface area contributed by atoms with E-state index in [1.807, 2.05) is 0 Å². The number of unbranched alkanes of at least 4 members (excludes halogenated alkanes) is 1. The van der Waals surface area contributed by atoms with Gasteiger partial charge in [0.25, 0.3) is 0 Å². The van der Waals surface area contributed by atoms with Crippen molar-refractivity contribution in [1.29, 1.82) is 0 Å². The van der Waals surface area contributed by atoms with Gasteiger partial charge in [-0.2, -0.15) is 0 Å². The van der Waals surface area contributed by atoms with Gasteiger partial charge < -0.3 is 0 Å². The summed E-state index contributed by atoms with van der Waals surface area (Å²) < 4.78 is 14.1. The van der Waals surface area contributed by atoms with Crippen molar-refractivity contribution >= 4 is 7.51 Å². The van der Waals surface area contributed by atoms with Crippen LogP contribution in [0.25, 0.3) is 0 Å². The summed E-state index contributed by atoms with van der Waals surface area (Å²) in [6.45, 7) is 24.3. The van der Waals surface area contributed by atoms with Crippen molar-refractivity contribution in [2.45, 2.75) is 99.8 Å². The van der Waals surface area contributed by atoms with Gasteiger partial charge >= 0.3 is 0 Å². The van der Waals surface area contributed by atoms with Gasteiger partial charge in [-0.25, -0.2) is 14.0 Å². The van der Waals surface area contributed by atoms with Crippen LogP contribution in [0.1, 0.15) is 99.8 Å². The van der Waals surface area contributed by atoms with Crippen molar-refractivity contribution in [3.63, 3.8) is 0 Å². The molecule has 0 radical (unpaired) electrons. The molecule has 164 valence electrons. The van der Waals surface area contributed by atoms with Gasteiger partial charge in [0.2, 0.25) is 0 Å². The Hall–Kier alpha value is 0.110. The van der Waals surface area contributed by atoms with Gasteiger partial charge in [-0.05, 0) is 44.9 Å². The number of hydrogen-bond acceptors (Lipinski definition) is 1. The maximum Gasteiger partial charge on any atom is 0.167 e. The molecule has 0 aromatic carbocycles. The summed E-state index contributed by atoms with van der Waals surface area (Å²) in [5, 5.41) is 0. The average molecular weight is 403 g/mol. The van der Waals surface area contributed by atoms with E-state index in [0.29, 0.717) is 0 Å². The molecule has 0 heterocycles. The van der Waals surface area contributed by atoms with Gasteiger partial charge in [0, 0.05) is 45.8 Å². The average Bonchev–Trinajstić information content (AvgIpc) is 2.65. The summed E-state index contributed by atoms with van der Waals surface area (Å²) in [4.78, 5) is 0. The zero-order valence-corrected chi connectivity index (χ0v) is 20.7. The third-order valence-corrected chi connectivity index (χ3v) is 8.89. The van der Waals surface area contributed by atoms with Crippen LogP contribution in [-0.4, -0.2) is 59.8 Å². The first-order chi connectivity index (χ1) is 13.1. The van der Waals surface area contributed by atoms with E-state index in [2.05, 4.69) is 62.5 Å². The van der Waals surface area contributed by atoms with Crippen LogP contribution < -0.4 is 0 Å². The molecule has 0 spiro atoms. The third kappa shape index (κ3) is 8.56. The largest absolute Gasteiger partial charge is 0.261 e.